The van der Waals surface area contributed by atoms with Crippen LogP contribution in [0.1, 0.15) is 335 Å². The number of rotatable bonds is 56. The first-order chi connectivity index (χ1) is 32.1. The van der Waals surface area contributed by atoms with Gasteiger partial charge in [0.25, 0.3) is 0 Å². The number of allylic oxidation sites excluding steroid dienone is 2. The van der Waals surface area contributed by atoms with E-state index in [0.717, 1.165) is 32.1 Å². The number of carbonyl (C=O) groups excluding carboxylic acids is 2. The van der Waals surface area contributed by atoms with Crippen molar-refractivity contribution in [2.24, 2.45) is 0 Å². The Morgan fingerprint density at radius 3 is 0.938 bits per heavy atom. The minimum Gasteiger partial charge on any atom is -0.462 e. The van der Waals surface area contributed by atoms with Crippen molar-refractivity contribution in [3.8, 4) is 0 Å². The van der Waals surface area contributed by atoms with E-state index in [9.17, 15) is 9.59 Å². The first kappa shape index (κ1) is 63.6. The van der Waals surface area contributed by atoms with Gasteiger partial charge in [-0.1, -0.05) is 290 Å². The minimum atomic E-state index is -0.526. The zero-order valence-corrected chi connectivity index (χ0v) is 44.5. The van der Waals surface area contributed by atoms with E-state index in [-0.39, 0.29) is 18.5 Å². The second-order valence-corrected chi connectivity index (χ2v) is 20.3. The van der Waals surface area contributed by atoms with E-state index in [0.29, 0.717) is 26.1 Å². The summed E-state index contributed by atoms with van der Waals surface area (Å²) in [5.74, 6) is -0.371. The van der Waals surface area contributed by atoms with Crippen LogP contribution in [0.25, 0.3) is 0 Å². The van der Waals surface area contributed by atoms with E-state index in [1.807, 2.05) is 0 Å². The second kappa shape index (κ2) is 57.0. The van der Waals surface area contributed by atoms with Gasteiger partial charge in [-0.25, -0.2) is 0 Å². The number of hydrogen-bond acceptors (Lipinski definition) is 5. The molecule has 0 aromatic carbocycles. The predicted molar refractivity (Wildman–Crippen MR) is 284 cm³/mol. The van der Waals surface area contributed by atoms with Crippen molar-refractivity contribution in [3.63, 3.8) is 0 Å². The summed E-state index contributed by atoms with van der Waals surface area (Å²) in [4.78, 5) is 25.5. The van der Waals surface area contributed by atoms with E-state index in [4.69, 9.17) is 14.2 Å². The maximum atomic E-state index is 12.8. The van der Waals surface area contributed by atoms with Gasteiger partial charge in [-0.2, -0.15) is 0 Å². The Labute approximate surface area is 407 Å². The number of esters is 2. The van der Waals surface area contributed by atoms with E-state index in [1.165, 1.54) is 270 Å². The first-order valence-corrected chi connectivity index (χ1v) is 29.7. The Hall–Kier alpha value is -1.36. The zero-order valence-electron chi connectivity index (χ0n) is 44.5. The fourth-order valence-corrected chi connectivity index (χ4v) is 9.10. The first-order valence-electron chi connectivity index (χ1n) is 29.7. The molecule has 386 valence electrons. The van der Waals surface area contributed by atoms with Gasteiger partial charge in [-0.05, 0) is 44.9 Å². The molecule has 0 aliphatic heterocycles. The molecule has 0 unspecified atom stereocenters. The van der Waals surface area contributed by atoms with Crippen molar-refractivity contribution < 1.29 is 23.8 Å². The van der Waals surface area contributed by atoms with Gasteiger partial charge in [0.15, 0.2) is 6.10 Å². The molecule has 1 atom stereocenters. The van der Waals surface area contributed by atoms with Gasteiger partial charge < -0.3 is 14.2 Å². The summed E-state index contributed by atoms with van der Waals surface area (Å²) in [5.41, 5.74) is 0. The third kappa shape index (κ3) is 55.1. The smallest absolute Gasteiger partial charge is 0.306 e. The highest BCUT2D eigenvalue weighted by molar-refractivity contribution is 5.70. The van der Waals surface area contributed by atoms with Gasteiger partial charge in [-0.15, -0.1) is 0 Å². The highest BCUT2D eigenvalue weighted by Gasteiger charge is 2.17. The minimum absolute atomic E-state index is 0.0952. The van der Waals surface area contributed by atoms with Crippen molar-refractivity contribution >= 4 is 11.9 Å². The van der Waals surface area contributed by atoms with Gasteiger partial charge in [0.05, 0.1) is 6.61 Å². The van der Waals surface area contributed by atoms with E-state index < -0.39 is 6.10 Å². The van der Waals surface area contributed by atoms with Crippen molar-refractivity contribution in [1.29, 1.82) is 0 Å². The highest BCUT2D eigenvalue weighted by atomic mass is 16.6. The third-order valence-electron chi connectivity index (χ3n) is 13.6. The fraction of sp³-hybridized carbons (Fsp3) is 0.933. The quantitative estimate of drug-likeness (QED) is 0.0346. The molecule has 0 rings (SSSR count). The van der Waals surface area contributed by atoms with Crippen LogP contribution in [0.2, 0.25) is 0 Å². The molecule has 0 heterocycles. The van der Waals surface area contributed by atoms with Crippen LogP contribution in [-0.4, -0.2) is 37.9 Å². The monoisotopic (exact) mass is 917 g/mol. The summed E-state index contributed by atoms with van der Waals surface area (Å²) in [7, 11) is 0. The predicted octanol–water partition coefficient (Wildman–Crippen LogP) is 20.2. The molecule has 5 heteroatoms. The molecule has 0 aromatic rings. The lowest BCUT2D eigenvalue weighted by Gasteiger charge is -2.18. The average molecular weight is 918 g/mol. The van der Waals surface area contributed by atoms with Crippen molar-refractivity contribution in [2.75, 3.05) is 19.8 Å². The maximum absolute atomic E-state index is 12.8. The molecular formula is C60H116O5. The van der Waals surface area contributed by atoms with Crippen LogP contribution in [0, 0.1) is 0 Å². The molecule has 5 nitrogen and oxygen atoms in total. The van der Waals surface area contributed by atoms with E-state index in [1.54, 1.807) is 0 Å². The van der Waals surface area contributed by atoms with Crippen LogP contribution in [0.3, 0.4) is 0 Å². The van der Waals surface area contributed by atoms with Crippen molar-refractivity contribution in [2.45, 2.75) is 341 Å². The lowest BCUT2D eigenvalue weighted by Crippen LogP contribution is -2.30. The molecule has 0 radical (unpaired) electrons. The molecule has 0 saturated carbocycles. The van der Waals surface area contributed by atoms with Gasteiger partial charge in [-0.3, -0.25) is 9.59 Å². The number of unbranched alkanes of at least 4 members (excludes halogenated alkanes) is 43. The van der Waals surface area contributed by atoms with Gasteiger partial charge in [0.1, 0.15) is 6.61 Å². The normalized spacial score (nSPS) is 12.1. The Balaban J connectivity index is 4.13. The summed E-state index contributed by atoms with van der Waals surface area (Å²) in [6.07, 6.45) is 66.6. The van der Waals surface area contributed by atoms with Gasteiger partial charge in [0, 0.05) is 19.4 Å². The SMILES string of the molecule is CCCCCCCC/C=C\CCCCCCCCCCCCCC(=O)OC[C@@H](COCCCCCCCCCCCCCCCCCC)OC(=O)CCCCCCCCCCCCCC. The van der Waals surface area contributed by atoms with Crippen molar-refractivity contribution in [1.82, 2.24) is 0 Å². The van der Waals surface area contributed by atoms with Crippen LogP contribution in [0.15, 0.2) is 12.2 Å². The molecule has 0 aliphatic rings. The lowest BCUT2D eigenvalue weighted by molar-refractivity contribution is -0.163. The lowest BCUT2D eigenvalue weighted by atomic mass is 10.0. The summed E-state index contributed by atoms with van der Waals surface area (Å²) in [6, 6.07) is 0. The summed E-state index contributed by atoms with van der Waals surface area (Å²) >= 11 is 0. The molecule has 0 spiro atoms. The molecule has 0 aliphatic carbocycles. The summed E-state index contributed by atoms with van der Waals surface area (Å²) < 4.78 is 17.5. The number of carbonyl (C=O) groups is 2. The van der Waals surface area contributed by atoms with Crippen LogP contribution >= 0.6 is 0 Å². The molecule has 0 N–H and O–H groups in total. The Morgan fingerprint density at radius 2 is 0.600 bits per heavy atom. The molecule has 65 heavy (non-hydrogen) atoms. The molecule has 0 saturated heterocycles. The molecule has 0 amide bonds. The average Bonchev–Trinajstić information content (AvgIpc) is 3.31. The number of hydrogen-bond donors (Lipinski definition) is 0. The molecule has 0 aromatic heterocycles. The fourth-order valence-electron chi connectivity index (χ4n) is 9.10. The van der Waals surface area contributed by atoms with Crippen LogP contribution < -0.4 is 0 Å². The van der Waals surface area contributed by atoms with Crippen LogP contribution in [0.4, 0.5) is 0 Å². The standard InChI is InChI=1S/C60H116O5/c1-4-7-10-13-16-19-22-25-27-29-30-31-32-33-34-36-39-41-44-47-50-53-59(61)64-57-58(65-60(62)54-51-48-45-42-38-24-21-18-15-12-9-6-3)56-63-55-52-49-46-43-40-37-35-28-26-23-20-17-14-11-8-5-2/h25,27,58H,4-24,26,28-57H2,1-3H3/b27-25-/t58-/m1/s1. The van der Waals surface area contributed by atoms with E-state index >= 15 is 0 Å². The Morgan fingerprint density at radius 1 is 0.323 bits per heavy atom. The topological polar surface area (TPSA) is 61.8 Å². The molecular weight excluding hydrogens is 801 g/mol. The summed E-state index contributed by atoms with van der Waals surface area (Å²) in [5, 5.41) is 0. The molecule has 0 bridgehead atoms. The highest BCUT2D eigenvalue weighted by Crippen LogP contribution is 2.17. The summed E-state index contributed by atoms with van der Waals surface area (Å²) in [6.45, 7) is 7.91. The largest absolute Gasteiger partial charge is 0.462 e. The number of ether oxygens (including phenoxy) is 3. The van der Waals surface area contributed by atoms with Gasteiger partial charge in [0.2, 0.25) is 0 Å². The third-order valence-corrected chi connectivity index (χ3v) is 13.6. The maximum Gasteiger partial charge on any atom is 0.306 e. The van der Waals surface area contributed by atoms with Crippen molar-refractivity contribution in [3.05, 3.63) is 12.2 Å². The van der Waals surface area contributed by atoms with Crippen LogP contribution in [-0.2, 0) is 23.8 Å². The Kier molecular flexibility index (Phi) is 55.8. The van der Waals surface area contributed by atoms with E-state index in [2.05, 4.69) is 32.9 Å². The van der Waals surface area contributed by atoms with Crippen LogP contribution in [0.5, 0.6) is 0 Å². The Bertz CT molecular complexity index is 948. The van der Waals surface area contributed by atoms with Gasteiger partial charge >= 0.3 is 11.9 Å². The second-order valence-electron chi connectivity index (χ2n) is 20.3. The molecule has 0 fully saturated rings. The zero-order chi connectivity index (χ0) is 47.0.